The first kappa shape index (κ1) is 15.5. The molecule has 0 aliphatic carbocycles. The summed E-state index contributed by atoms with van der Waals surface area (Å²) in [6, 6.07) is 1.99. The van der Waals surface area contributed by atoms with E-state index in [9.17, 15) is 4.79 Å². The second-order valence-corrected chi connectivity index (χ2v) is 6.35. The van der Waals surface area contributed by atoms with Crippen LogP contribution in [0.5, 0.6) is 0 Å². The smallest absolute Gasteiger partial charge is 0.226 e. The van der Waals surface area contributed by atoms with E-state index in [1.54, 1.807) is 11.3 Å². The van der Waals surface area contributed by atoms with E-state index in [-0.39, 0.29) is 18.4 Å². The molecular formula is C14H21N5OS. The average Bonchev–Trinajstić information content (AvgIpc) is 2.76. The number of carbonyl (C=O) groups is 1. The Morgan fingerprint density at radius 1 is 1.48 bits per heavy atom. The molecule has 2 heterocycles. The summed E-state index contributed by atoms with van der Waals surface area (Å²) in [6.45, 7) is 6.88. The second kappa shape index (κ2) is 6.71. The number of anilines is 2. The molecule has 0 bridgehead atoms. The summed E-state index contributed by atoms with van der Waals surface area (Å²) in [5.41, 5.74) is 5.24. The van der Waals surface area contributed by atoms with Crippen molar-refractivity contribution in [3.63, 3.8) is 0 Å². The lowest BCUT2D eigenvalue weighted by Crippen LogP contribution is -2.24. The summed E-state index contributed by atoms with van der Waals surface area (Å²) < 4.78 is 0. The number of hydrogen-bond acceptors (Lipinski definition) is 6. The van der Waals surface area contributed by atoms with Crippen molar-refractivity contribution >= 4 is 39.2 Å². The molecule has 0 fully saturated rings. The molecule has 0 spiro atoms. The van der Waals surface area contributed by atoms with Crippen molar-refractivity contribution in [2.24, 2.45) is 5.73 Å². The maximum atomic E-state index is 11.0. The van der Waals surface area contributed by atoms with E-state index >= 15 is 0 Å². The minimum absolute atomic E-state index is 0.0696. The predicted octanol–water partition coefficient (Wildman–Crippen LogP) is 2.50. The van der Waals surface area contributed by atoms with Gasteiger partial charge in [0.1, 0.15) is 10.6 Å². The van der Waals surface area contributed by atoms with Crippen molar-refractivity contribution in [2.45, 2.75) is 39.7 Å². The van der Waals surface area contributed by atoms with Crippen LogP contribution in [0.1, 0.15) is 31.6 Å². The van der Waals surface area contributed by atoms with Gasteiger partial charge in [0.2, 0.25) is 11.9 Å². The van der Waals surface area contributed by atoms with Crippen molar-refractivity contribution in [1.82, 2.24) is 9.97 Å². The molecular weight excluding hydrogens is 286 g/mol. The third kappa shape index (κ3) is 4.04. The Hall–Kier alpha value is -1.89. The molecule has 7 heteroatoms. The number of nitrogens with zero attached hydrogens (tertiary/aromatic N) is 2. The Labute approximate surface area is 128 Å². The first-order valence-electron chi connectivity index (χ1n) is 7.06. The molecule has 4 N–H and O–H groups in total. The van der Waals surface area contributed by atoms with E-state index in [2.05, 4.69) is 33.6 Å². The highest BCUT2D eigenvalue weighted by molar-refractivity contribution is 7.18. The van der Waals surface area contributed by atoms with Crippen LogP contribution in [0.3, 0.4) is 0 Å². The summed E-state index contributed by atoms with van der Waals surface area (Å²) in [5.74, 6) is 1.03. The number of nitrogens with one attached hydrogen (secondary N) is 2. The molecule has 2 aromatic rings. The number of rotatable bonds is 7. The zero-order valence-corrected chi connectivity index (χ0v) is 13.4. The lowest BCUT2D eigenvalue weighted by atomic mass is 10.2. The zero-order valence-electron chi connectivity index (χ0n) is 12.6. The SMILES string of the molecule is CCCNc1nc(NC(C)CC(N)=O)c2cc(C)sc2n1. The van der Waals surface area contributed by atoms with Crippen LogP contribution < -0.4 is 16.4 Å². The van der Waals surface area contributed by atoms with Crippen molar-refractivity contribution in [1.29, 1.82) is 0 Å². The van der Waals surface area contributed by atoms with Gasteiger partial charge in [-0.05, 0) is 26.3 Å². The largest absolute Gasteiger partial charge is 0.370 e. The Bertz CT molecular complexity index is 640. The highest BCUT2D eigenvalue weighted by Crippen LogP contribution is 2.30. The third-order valence-electron chi connectivity index (χ3n) is 2.94. The van der Waals surface area contributed by atoms with Crippen LogP contribution in [0.25, 0.3) is 10.2 Å². The Morgan fingerprint density at radius 2 is 2.24 bits per heavy atom. The number of carbonyl (C=O) groups excluding carboxylic acids is 1. The van der Waals surface area contributed by atoms with Gasteiger partial charge in [0.05, 0.1) is 5.39 Å². The fourth-order valence-corrected chi connectivity index (χ4v) is 2.93. The fraction of sp³-hybridized carbons (Fsp3) is 0.500. The van der Waals surface area contributed by atoms with Crippen LogP contribution in [0.15, 0.2) is 6.07 Å². The molecule has 2 aromatic heterocycles. The lowest BCUT2D eigenvalue weighted by Gasteiger charge is -2.14. The lowest BCUT2D eigenvalue weighted by molar-refractivity contribution is -0.118. The summed E-state index contributed by atoms with van der Waals surface area (Å²) in [4.78, 5) is 22.2. The molecule has 0 aliphatic rings. The highest BCUT2D eigenvalue weighted by Gasteiger charge is 2.13. The Kier molecular flexibility index (Phi) is 4.95. The fourth-order valence-electron chi connectivity index (χ4n) is 2.05. The molecule has 0 aromatic carbocycles. The minimum Gasteiger partial charge on any atom is -0.370 e. The normalized spacial score (nSPS) is 12.3. The van der Waals surface area contributed by atoms with Crippen LogP contribution in [0, 0.1) is 6.92 Å². The summed E-state index contributed by atoms with van der Waals surface area (Å²) in [7, 11) is 0. The van der Waals surface area contributed by atoms with Gasteiger partial charge in [0, 0.05) is 23.9 Å². The van der Waals surface area contributed by atoms with E-state index in [0.717, 1.165) is 29.0 Å². The third-order valence-corrected chi connectivity index (χ3v) is 3.88. The van der Waals surface area contributed by atoms with Crippen molar-refractivity contribution in [2.75, 3.05) is 17.2 Å². The van der Waals surface area contributed by atoms with Crippen LogP contribution >= 0.6 is 11.3 Å². The van der Waals surface area contributed by atoms with Gasteiger partial charge < -0.3 is 16.4 Å². The van der Waals surface area contributed by atoms with Crippen molar-refractivity contribution in [3.8, 4) is 0 Å². The zero-order chi connectivity index (χ0) is 15.4. The monoisotopic (exact) mass is 307 g/mol. The van der Waals surface area contributed by atoms with Crippen molar-refractivity contribution < 1.29 is 4.79 Å². The maximum absolute atomic E-state index is 11.0. The molecule has 1 unspecified atom stereocenters. The summed E-state index contributed by atoms with van der Waals surface area (Å²) in [6.07, 6.45) is 1.28. The second-order valence-electron chi connectivity index (χ2n) is 5.11. The van der Waals surface area contributed by atoms with E-state index < -0.39 is 0 Å². The number of nitrogens with two attached hydrogens (primary N) is 1. The average molecular weight is 307 g/mol. The molecule has 0 saturated heterocycles. The number of hydrogen-bond donors (Lipinski definition) is 3. The standard InChI is InChI=1S/C14H21N5OS/c1-4-5-16-14-18-12(17-8(2)6-11(15)20)10-7-9(3)21-13(10)19-14/h7-8H,4-6H2,1-3H3,(H2,15,20)(H2,16,17,18,19). The Morgan fingerprint density at radius 3 is 2.90 bits per heavy atom. The first-order chi connectivity index (χ1) is 9.99. The van der Waals surface area contributed by atoms with E-state index in [0.29, 0.717) is 5.95 Å². The van der Waals surface area contributed by atoms with Crippen LogP contribution in [-0.4, -0.2) is 28.5 Å². The number of primary amides is 1. The number of amides is 1. The molecule has 0 radical (unpaired) electrons. The summed E-state index contributed by atoms with van der Waals surface area (Å²) in [5, 5.41) is 7.45. The van der Waals surface area contributed by atoms with Crippen LogP contribution in [0.2, 0.25) is 0 Å². The number of fused-ring (bicyclic) bond motifs is 1. The number of aryl methyl sites for hydroxylation is 1. The van der Waals surface area contributed by atoms with Crippen LogP contribution in [-0.2, 0) is 4.79 Å². The van der Waals surface area contributed by atoms with E-state index in [4.69, 9.17) is 5.73 Å². The van der Waals surface area contributed by atoms with Gasteiger partial charge in [0.25, 0.3) is 0 Å². The summed E-state index contributed by atoms with van der Waals surface area (Å²) >= 11 is 1.63. The molecule has 1 atom stereocenters. The topological polar surface area (TPSA) is 92.9 Å². The minimum atomic E-state index is -0.328. The quantitative estimate of drug-likeness (QED) is 0.731. The highest BCUT2D eigenvalue weighted by atomic mass is 32.1. The first-order valence-corrected chi connectivity index (χ1v) is 7.88. The maximum Gasteiger partial charge on any atom is 0.226 e. The van der Waals surface area contributed by atoms with Gasteiger partial charge >= 0.3 is 0 Å². The van der Waals surface area contributed by atoms with Crippen LogP contribution in [0.4, 0.5) is 11.8 Å². The molecule has 0 aliphatic heterocycles. The number of aromatic nitrogens is 2. The van der Waals surface area contributed by atoms with Gasteiger partial charge in [-0.25, -0.2) is 4.98 Å². The van der Waals surface area contributed by atoms with Gasteiger partial charge in [-0.15, -0.1) is 11.3 Å². The van der Waals surface area contributed by atoms with E-state index in [1.807, 2.05) is 13.8 Å². The number of thiophene rings is 1. The van der Waals surface area contributed by atoms with Gasteiger partial charge in [0.15, 0.2) is 0 Å². The van der Waals surface area contributed by atoms with Gasteiger partial charge in [-0.2, -0.15) is 4.98 Å². The predicted molar refractivity (Wildman–Crippen MR) is 87.8 cm³/mol. The van der Waals surface area contributed by atoms with Gasteiger partial charge in [-0.3, -0.25) is 4.79 Å². The molecule has 21 heavy (non-hydrogen) atoms. The van der Waals surface area contributed by atoms with Gasteiger partial charge in [-0.1, -0.05) is 6.92 Å². The van der Waals surface area contributed by atoms with E-state index in [1.165, 1.54) is 4.88 Å². The Balaban J connectivity index is 2.32. The molecule has 2 rings (SSSR count). The molecule has 114 valence electrons. The molecule has 6 nitrogen and oxygen atoms in total. The molecule has 0 saturated carbocycles. The van der Waals surface area contributed by atoms with Crippen molar-refractivity contribution in [3.05, 3.63) is 10.9 Å². The molecule has 1 amide bonds.